The first kappa shape index (κ1) is 29.1. The molecule has 1 aromatic heterocycles. The normalized spacial score (nSPS) is 13.2. The third kappa shape index (κ3) is 7.40. The van der Waals surface area contributed by atoms with Crippen molar-refractivity contribution in [2.45, 2.75) is 24.9 Å². The number of rotatable bonds is 13. The van der Waals surface area contributed by atoms with Gasteiger partial charge in [-0.2, -0.15) is 0 Å². The number of anilines is 1. The van der Waals surface area contributed by atoms with Crippen LogP contribution in [0.2, 0.25) is 0 Å². The summed E-state index contributed by atoms with van der Waals surface area (Å²) in [7, 11) is 2.12. The van der Waals surface area contributed by atoms with Gasteiger partial charge in [0.15, 0.2) is 0 Å². The number of quaternary nitrogens is 1. The highest BCUT2D eigenvalue weighted by atomic mass is 16.2. The van der Waals surface area contributed by atoms with Crippen molar-refractivity contribution in [1.82, 2.24) is 10.3 Å². The minimum atomic E-state index is -0.940. The fourth-order valence-corrected chi connectivity index (χ4v) is 5.07. The zero-order valence-corrected chi connectivity index (χ0v) is 23.1. The van der Waals surface area contributed by atoms with Crippen molar-refractivity contribution < 1.29 is 14.1 Å². The Hall–Kier alpha value is -3.89. The van der Waals surface area contributed by atoms with Crippen LogP contribution in [-0.2, 0) is 9.59 Å². The molecule has 0 fully saturated rings. The number of carbonyl (C=O) groups excluding carboxylic acids is 2. The van der Waals surface area contributed by atoms with Crippen LogP contribution in [0, 0.1) is 0 Å². The standard InChI is InChI=1S/C31H39N7O2/c1-38(17-14-32,18-15-33)16-6-10-27(34)30(39)37-29(25-13-12-22-7-2-3-8-23(22)19-25)31(40)36-26-20-24-9-4-5-11-28(24)35-21-26/h2-5,7-9,11-13,19-21,27,29H,6,10,14-18,32-34H2,1H3,(H-,36,37,39,40)/p+1/t27?,29-/m1/s1. The maximum atomic E-state index is 13.6. The Morgan fingerprint density at radius 3 is 2.25 bits per heavy atom. The summed E-state index contributed by atoms with van der Waals surface area (Å²) in [6, 6.07) is 21.5. The molecule has 0 aliphatic carbocycles. The van der Waals surface area contributed by atoms with E-state index in [2.05, 4.69) is 22.7 Å². The molecule has 4 aromatic rings. The van der Waals surface area contributed by atoms with Gasteiger partial charge in [-0.05, 0) is 47.4 Å². The molecule has 0 aliphatic heterocycles. The van der Waals surface area contributed by atoms with Crippen molar-refractivity contribution in [3.05, 3.63) is 84.6 Å². The first-order chi connectivity index (χ1) is 19.3. The highest BCUT2D eigenvalue weighted by Crippen LogP contribution is 2.23. The lowest BCUT2D eigenvalue weighted by Crippen LogP contribution is -2.51. The van der Waals surface area contributed by atoms with E-state index in [9.17, 15) is 9.59 Å². The minimum absolute atomic E-state index is 0.372. The number of hydrogen-bond acceptors (Lipinski definition) is 6. The zero-order valence-electron chi connectivity index (χ0n) is 23.1. The molecule has 9 nitrogen and oxygen atoms in total. The van der Waals surface area contributed by atoms with Gasteiger partial charge in [0.2, 0.25) is 5.91 Å². The molecule has 210 valence electrons. The van der Waals surface area contributed by atoms with Crippen LogP contribution in [0.15, 0.2) is 79.0 Å². The number of hydrogen-bond donors (Lipinski definition) is 5. The number of benzene rings is 3. The number of likely N-dealkylation sites (N-methyl/N-ethyl adjacent to an activating group) is 1. The lowest BCUT2D eigenvalue weighted by Gasteiger charge is -2.34. The van der Waals surface area contributed by atoms with E-state index in [-0.39, 0.29) is 11.8 Å². The van der Waals surface area contributed by atoms with Gasteiger partial charge in [-0.15, -0.1) is 0 Å². The van der Waals surface area contributed by atoms with E-state index in [4.69, 9.17) is 17.2 Å². The van der Waals surface area contributed by atoms with Gasteiger partial charge in [-0.3, -0.25) is 14.6 Å². The second-order valence-electron chi connectivity index (χ2n) is 10.6. The predicted octanol–water partition coefficient (Wildman–Crippen LogP) is 2.66. The molecule has 1 unspecified atom stereocenters. The van der Waals surface area contributed by atoms with Crippen LogP contribution in [0.1, 0.15) is 24.4 Å². The van der Waals surface area contributed by atoms with E-state index < -0.39 is 12.1 Å². The molecule has 0 bridgehead atoms. The highest BCUT2D eigenvalue weighted by molar-refractivity contribution is 6.00. The zero-order chi connectivity index (χ0) is 28.5. The van der Waals surface area contributed by atoms with E-state index in [1.807, 2.05) is 72.8 Å². The predicted molar refractivity (Wildman–Crippen MR) is 161 cm³/mol. The van der Waals surface area contributed by atoms with Crippen molar-refractivity contribution in [3.8, 4) is 0 Å². The number of amides is 2. The molecule has 0 saturated heterocycles. The van der Waals surface area contributed by atoms with Crippen LogP contribution < -0.4 is 27.8 Å². The molecule has 2 amide bonds. The summed E-state index contributed by atoms with van der Waals surface area (Å²) >= 11 is 0. The second-order valence-corrected chi connectivity index (χ2v) is 10.6. The van der Waals surface area contributed by atoms with E-state index in [0.29, 0.717) is 30.8 Å². The molecule has 2 atom stereocenters. The average Bonchev–Trinajstić information content (AvgIpc) is 2.95. The van der Waals surface area contributed by atoms with Gasteiger partial charge in [-0.1, -0.05) is 54.6 Å². The first-order valence-corrected chi connectivity index (χ1v) is 13.8. The average molecular weight is 543 g/mol. The monoisotopic (exact) mass is 542 g/mol. The Kier molecular flexibility index (Phi) is 9.79. The molecule has 4 rings (SSSR count). The van der Waals surface area contributed by atoms with Gasteiger partial charge in [-0.25, -0.2) is 0 Å². The van der Waals surface area contributed by atoms with Crippen LogP contribution in [0.3, 0.4) is 0 Å². The van der Waals surface area contributed by atoms with Crippen LogP contribution in [0.4, 0.5) is 5.69 Å². The Morgan fingerprint density at radius 2 is 1.52 bits per heavy atom. The second kappa shape index (κ2) is 13.5. The molecule has 0 radical (unpaired) electrons. The lowest BCUT2D eigenvalue weighted by molar-refractivity contribution is -0.907. The Bertz CT molecular complexity index is 1450. The molecule has 1 heterocycles. The summed E-state index contributed by atoms with van der Waals surface area (Å²) in [4.78, 5) is 31.3. The smallest absolute Gasteiger partial charge is 0.251 e. The maximum Gasteiger partial charge on any atom is 0.251 e. The summed E-state index contributed by atoms with van der Waals surface area (Å²) in [6.07, 6.45) is 2.83. The molecule has 40 heavy (non-hydrogen) atoms. The van der Waals surface area contributed by atoms with Crippen LogP contribution in [-0.4, -0.2) is 67.1 Å². The van der Waals surface area contributed by atoms with Gasteiger partial charge in [0.05, 0.1) is 50.1 Å². The topological polar surface area (TPSA) is 149 Å². The summed E-state index contributed by atoms with van der Waals surface area (Å²) < 4.78 is 0.739. The number of para-hydroxylation sites is 1. The lowest BCUT2D eigenvalue weighted by atomic mass is 10.0. The van der Waals surface area contributed by atoms with Gasteiger partial charge >= 0.3 is 0 Å². The van der Waals surface area contributed by atoms with Gasteiger partial charge in [0, 0.05) is 18.5 Å². The fraction of sp³-hybridized carbons (Fsp3) is 0.323. The van der Waals surface area contributed by atoms with Crippen molar-refractivity contribution in [1.29, 1.82) is 0 Å². The molecular weight excluding hydrogens is 502 g/mol. The van der Waals surface area contributed by atoms with Crippen molar-refractivity contribution in [2.75, 3.05) is 45.1 Å². The third-order valence-corrected chi connectivity index (χ3v) is 7.40. The number of fused-ring (bicyclic) bond motifs is 2. The van der Waals surface area contributed by atoms with E-state index >= 15 is 0 Å². The minimum Gasteiger partial charge on any atom is -0.339 e. The van der Waals surface area contributed by atoms with E-state index in [1.54, 1.807) is 6.20 Å². The van der Waals surface area contributed by atoms with Crippen molar-refractivity contribution >= 4 is 39.2 Å². The SMILES string of the molecule is C[N+](CCN)(CCN)CCCC(N)C(=O)N[C@@H](C(=O)Nc1cnc2ccccc2c1)c1ccc2ccccc2c1. The summed E-state index contributed by atoms with van der Waals surface area (Å²) in [5, 5.41) is 8.77. The fourth-order valence-electron chi connectivity index (χ4n) is 5.07. The molecule has 0 aliphatic rings. The highest BCUT2D eigenvalue weighted by Gasteiger charge is 2.27. The Labute approximate surface area is 235 Å². The molecule has 0 saturated carbocycles. The van der Waals surface area contributed by atoms with Crippen molar-refractivity contribution in [3.63, 3.8) is 0 Å². The Balaban J connectivity index is 1.51. The quantitative estimate of drug-likeness (QED) is 0.164. The number of carbonyl (C=O) groups is 2. The first-order valence-electron chi connectivity index (χ1n) is 13.8. The van der Waals surface area contributed by atoms with Gasteiger partial charge < -0.3 is 32.3 Å². The van der Waals surface area contributed by atoms with E-state index in [1.165, 1.54) is 0 Å². The number of pyridine rings is 1. The molecular formula is C31H40N7O2+. The van der Waals surface area contributed by atoms with Crippen LogP contribution in [0.25, 0.3) is 21.7 Å². The Morgan fingerprint density at radius 1 is 0.850 bits per heavy atom. The van der Waals surface area contributed by atoms with Crippen LogP contribution in [0.5, 0.6) is 0 Å². The molecule has 8 N–H and O–H groups in total. The van der Waals surface area contributed by atoms with Crippen LogP contribution >= 0.6 is 0 Å². The molecule has 9 heteroatoms. The largest absolute Gasteiger partial charge is 0.339 e. The van der Waals surface area contributed by atoms with Gasteiger partial charge in [0.25, 0.3) is 5.91 Å². The molecule has 3 aromatic carbocycles. The number of nitrogens with one attached hydrogen (secondary N) is 2. The summed E-state index contributed by atoms with van der Waals surface area (Å²) in [5.41, 5.74) is 19.9. The summed E-state index contributed by atoms with van der Waals surface area (Å²) in [5.74, 6) is -0.750. The van der Waals surface area contributed by atoms with Gasteiger partial charge in [0.1, 0.15) is 6.04 Å². The number of nitrogens with two attached hydrogens (primary N) is 3. The number of nitrogens with zero attached hydrogens (tertiary/aromatic N) is 2. The van der Waals surface area contributed by atoms with E-state index in [0.717, 1.165) is 52.2 Å². The molecule has 0 spiro atoms. The maximum absolute atomic E-state index is 13.6. The van der Waals surface area contributed by atoms with Crippen molar-refractivity contribution in [2.24, 2.45) is 17.2 Å². The third-order valence-electron chi connectivity index (χ3n) is 7.40. The number of aromatic nitrogens is 1. The summed E-state index contributed by atoms with van der Waals surface area (Å²) in [6.45, 7) is 3.58.